The van der Waals surface area contributed by atoms with Crippen LogP contribution in [-0.4, -0.2) is 31.1 Å². The van der Waals surface area contributed by atoms with E-state index in [1.807, 2.05) is 0 Å². The predicted molar refractivity (Wildman–Crippen MR) is 78.2 cm³/mol. The predicted octanol–water partition coefficient (Wildman–Crippen LogP) is 3.37. The van der Waals surface area contributed by atoms with Crippen molar-refractivity contribution in [3.8, 4) is 0 Å². The van der Waals surface area contributed by atoms with Crippen molar-refractivity contribution in [2.45, 2.75) is 54.4 Å². The molecule has 104 valence electrons. The quantitative estimate of drug-likeness (QED) is 0.672. The van der Waals surface area contributed by atoms with Crippen LogP contribution in [0.3, 0.4) is 0 Å². The first-order valence-electron chi connectivity index (χ1n) is 7.23. The first kappa shape index (κ1) is 16.9. The third-order valence-corrected chi connectivity index (χ3v) is 3.19. The molecule has 0 fully saturated rings. The third kappa shape index (κ3) is 8.62. The Balaban J connectivity index is 4.23. The number of nitrogens with two attached hydrogens (primary N) is 1. The van der Waals surface area contributed by atoms with Gasteiger partial charge in [-0.05, 0) is 43.2 Å². The first-order valence-corrected chi connectivity index (χ1v) is 7.23. The van der Waals surface area contributed by atoms with E-state index in [1.54, 1.807) is 0 Å². The van der Waals surface area contributed by atoms with E-state index < -0.39 is 0 Å². The molecule has 0 amide bonds. The number of hydrogen-bond donors (Lipinski definition) is 1. The van der Waals surface area contributed by atoms with Crippen molar-refractivity contribution in [3.63, 3.8) is 0 Å². The highest BCUT2D eigenvalue weighted by Crippen LogP contribution is 2.18. The van der Waals surface area contributed by atoms with E-state index in [0.29, 0.717) is 0 Å². The van der Waals surface area contributed by atoms with E-state index in [1.165, 1.54) is 25.9 Å². The summed E-state index contributed by atoms with van der Waals surface area (Å²) < 4.78 is 0. The van der Waals surface area contributed by atoms with E-state index in [4.69, 9.17) is 5.73 Å². The average Bonchev–Trinajstić information content (AvgIpc) is 2.15. The second kappa shape index (κ2) is 8.10. The molecular weight excluding hydrogens is 208 g/mol. The van der Waals surface area contributed by atoms with Crippen molar-refractivity contribution in [3.05, 3.63) is 0 Å². The van der Waals surface area contributed by atoms with Crippen LogP contribution in [0.4, 0.5) is 0 Å². The minimum atomic E-state index is 0.243. The lowest BCUT2D eigenvalue weighted by Crippen LogP contribution is -2.41. The molecule has 0 radical (unpaired) electrons. The van der Waals surface area contributed by atoms with Crippen molar-refractivity contribution in [2.24, 2.45) is 23.0 Å². The van der Waals surface area contributed by atoms with Gasteiger partial charge in [-0.3, -0.25) is 0 Å². The highest BCUT2D eigenvalue weighted by molar-refractivity contribution is 4.76. The summed E-state index contributed by atoms with van der Waals surface area (Å²) in [5.41, 5.74) is 6.08. The van der Waals surface area contributed by atoms with Gasteiger partial charge in [-0.25, -0.2) is 0 Å². The monoisotopic (exact) mass is 242 g/mol. The van der Waals surface area contributed by atoms with Crippen LogP contribution in [-0.2, 0) is 0 Å². The first-order chi connectivity index (χ1) is 7.80. The molecule has 0 bridgehead atoms. The van der Waals surface area contributed by atoms with Crippen molar-refractivity contribution in [1.82, 2.24) is 4.90 Å². The molecule has 1 unspecified atom stereocenters. The van der Waals surface area contributed by atoms with Crippen LogP contribution < -0.4 is 5.73 Å². The molecule has 0 rings (SSSR count). The summed E-state index contributed by atoms with van der Waals surface area (Å²) in [5.74, 6) is 1.59. The molecule has 0 heterocycles. The van der Waals surface area contributed by atoms with Gasteiger partial charge in [0.05, 0.1) is 0 Å². The summed E-state index contributed by atoms with van der Waals surface area (Å²) in [6.45, 7) is 18.1. The Labute approximate surface area is 109 Å². The standard InChI is InChI=1S/C15H34N2/c1-7-8-17(12-15(5,6)11-16)10-14(4)9-13(2)3/h13-14H,7-12,16H2,1-6H3. The largest absolute Gasteiger partial charge is 0.330 e. The van der Waals surface area contributed by atoms with Gasteiger partial charge in [0.15, 0.2) is 0 Å². The molecule has 17 heavy (non-hydrogen) atoms. The Hall–Kier alpha value is -0.0800. The smallest absolute Gasteiger partial charge is 0.00449 e. The van der Waals surface area contributed by atoms with Crippen LogP contribution in [0.25, 0.3) is 0 Å². The molecule has 0 aliphatic heterocycles. The number of rotatable bonds is 9. The van der Waals surface area contributed by atoms with Gasteiger partial charge in [0.25, 0.3) is 0 Å². The fourth-order valence-corrected chi connectivity index (χ4v) is 2.54. The molecule has 1 atom stereocenters. The molecule has 0 saturated heterocycles. The van der Waals surface area contributed by atoms with Gasteiger partial charge in [-0.2, -0.15) is 0 Å². The molecule has 2 N–H and O–H groups in total. The maximum Gasteiger partial charge on any atom is 0.00449 e. The highest BCUT2D eigenvalue weighted by Gasteiger charge is 2.21. The lowest BCUT2D eigenvalue weighted by atomic mass is 9.91. The Morgan fingerprint density at radius 2 is 1.76 bits per heavy atom. The maximum absolute atomic E-state index is 5.84. The zero-order valence-electron chi connectivity index (χ0n) is 12.9. The Morgan fingerprint density at radius 3 is 2.18 bits per heavy atom. The van der Waals surface area contributed by atoms with Gasteiger partial charge < -0.3 is 10.6 Å². The fourth-order valence-electron chi connectivity index (χ4n) is 2.54. The zero-order valence-corrected chi connectivity index (χ0v) is 12.9. The van der Waals surface area contributed by atoms with Crippen LogP contribution in [0.1, 0.15) is 54.4 Å². The summed E-state index contributed by atoms with van der Waals surface area (Å²) in [6, 6.07) is 0. The van der Waals surface area contributed by atoms with Crippen LogP contribution in [0.2, 0.25) is 0 Å². The molecule has 0 saturated carbocycles. The SMILES string of the molecule is CCCN(CC(C)CC(C)C)CC(C)(C)CN. The van der Waals surface area contributed by atoms with Crippen LogP contribution in [0.15, 0.2) is 0 Å². The van der Waals surface area contributed by atoms with E-state index in [9.17, 15) is 0 Å². The van der Waals surface area contributed by atoms with Crippen molar-refractivity contribution in [1.29, 1.82) is 0 Å². The van der Waals surface area contributed by atoms with Gasteiger partial charge in [-0.1, -0.05) is 41.5 Å². The van der Waals surface area contributed by atoms with Crippen LogP contribution >= 0.6 is 0 Å². The minimum absolute atomic E-state index is 0.243. The second-order valence-electron chi connectivity index (χ2n) is 6.84. The summed E-state index contributed by atoms with van der Waals surface area (Å²) >= 11 is 0. The molecule has 0 aromatic heterocycles. The highest BCUT2D eigenvalue weighted by atomic mass is 15.1. The molecule has 0 aliphatic carbocycles. The zero-order chi connectivity index (χ0) is 13.5. The molecule has 0 aromatic rings. The van der Waals surface area contributed by atoms with E-state index >= 15 is 0 Å². The van der Waals surface area contributed by atoms with Gasteiger partial charge in [-0.15, -0.1) is 0 Å². The Bertz CT molecular complexity index is 187. The molecule has 0 aromatic carbocycles. The molecule has 0 aliphatic rings. The van der Waals surface area contributed by atoms with Crippen molar-refractivity contribution in [2.75, 3.05) is 26.2 Å². The van der Waals surface area contributed by atoms with Gasteiger partial charge >= 0.3 is 0 Å². The Kier molecular flexibility index (Phi) is 8.06. The van der Waals surface area contributed by atoms with E-state index in [0.717, 1.165) is 24.9 Å². The number of nitrogens with zero attached hydrogens (tertiary/aromatic N) is 1. The third-order valence-electron chi connectivity index (χ3n) is 3.19. The number of hydrogen-bond acceptors (Lipinski definition) is 2. The maximum atomic E-state index is 5.84. The lowest BCUT2D eigenvalue weighted by Gasteiger charge is -2.33. The second-order valence-corrected chi connectivity index (χ2v) is 6.84. The average molecular weight is 242 g/mol. The lowest BCUT2D eigenvalue weighted by molar-refractivity contribution is 0.157. The molecule has 2 heteroatoms. The minimum Gasteiger partial charge on any atom is -0.330 e. The van der Waals surface area contributed by atoms with Crippen molar-refractivity contribution >= 4 is 0 Å². The van der Waals surface area contributed by atoms with Gasteiger partial charge in [0.2, 0.25) is 0 Å². The van der Waals surface area contributed by atoms with Gasteiger partial charge in [0.1, 0.15) is 0 Å². The van der Waals surface area contributed by atoms with Gasteiger partial charge in [0, 0.05) is 13.1 Å². The summed E-state index contributed by atoms with van der Waals surface area (Å²) in [4.78, 5) is 2.60. The van der Waals surface area contributed by atoms with E-state index in [2.05, 4.69) is 46.4 Å². The molecular formula is C15H34N2. The molecule has 0 spiro atoms. The van der Waals surface area contributed by atoms with Crippen LogP contribution in [0, 0.1) is 17.3 Å². The topological polar surface area (TPSA) is 29.3 Å². The molecule has 2 nitrogen and oxygen atoms in total. The summed E-state index contributed by atoms with van der Waals surface area (Å²) in [5, 5.41) is 0. The van der Waals surface area contributed by atoms with E-state index in [-0.39, 0.29) is 5.41 Å². The van der Waals surface area contributed by atoms with Crippen LogP contribution in [0.5, 0.6) is 0 Å². The Morgan fingerprint density at radius 1 is 1.18 bits per heavy atom. The normalized spacial score (nSPS) is 14.6. The summed E-state index contributed by atoms with van der Waals surface area (Å²) in [6.07, 6.45) is 2.55. The summed E-state index contributed by atoms with van der Waals surface area (Å²) in [7, 11) is 0. The van der Waals surface area contributed by atoms with Crippen molar-refractivity contribution < 1.29 is 0 Å². The fraction of sp³-hybridized carbons (Fsp3) is 1.00.